The number of carboxylic acid groups (broad SMARTS) is 1. The molecule has 1 N–H and O–H groups in total. The van der Waals surface area contributed by atoms with E-state index in [1.165, 1.54) is 0 Å². The van der Waals surface area contributed by atoms with Gasteiger partial charge >= 0.3 is 5.97 Å². The third-order valence-electron chi connectivity index (χ3n) is 3.88. The van der Waals surface area contributed by atoms with Gasteiger partial charge in [0.15, 0.2) is 0 Å². The minimum absolute atomic E-state index is 0.424. The van der Waals surface area contributed by atoms with Crippen LogP contribution in [0.5, 0.6) is 0 Å². The van der Waals surface area contributed by atoms with E-state index in [0.29, 0.717) is 6.54 Å². The molecule has 104 valence electrons. The molecule has 0 aliphatic carbocycles. The molecule has 2 aromatic rings. The summed E-state index contributed by atoms with van der Waals surface area (Å²) >= 11 is 0. The van der Waals surface area contributed by atoms with Crippen LogP contribution in [0, 0.1) is 0 Å². The van der Waals surface area contributed by atoms with Crippen molar-refractivity contribution >= 4 is 11.7 Å². The van der Waals surface area contributed by atoms with Crippen LogP contribution in [0.15, 0.2) is 36.7 Å². The maximum absolute atomic E-state index is 11.4. The fraction of sp³-hybridized carbons (Fsp3) is 0.333. The minimum Gasteiger partial charge on any atom is -0.481 e. The Morgan fingerprint density at radius 1 is 1.45 bits per heavy atom. The highest BCUT2D eigenvalue weighted by Crippen LogP contribution is 2.36. The SMILES string of the molecule is Cn1ccnc1CCN1CC(C(=O)O)c2ccccc21. The van der Waals surface area contributed by atoms with E-state index in [1.807, 2.05) is 42.1 Å². The Bertz CT molecular complexity index is 636. The average molecular weight is 271 g/mol. The lowest BCUT2D eigenvalue weighted by molar-refractivity contribution is -0.138. The molecule has 0 fully saturated rings. The first kappa shape index (κ1) is 12.7. The Labute approximate surface area is 117 Å². The van der Waals surface area contributed by atoms with E-state index in [4.69, 9.17) is 0 Å². The van der Waals surface area contributed by atoms with E-state index in [1.54, 1.807) is 6.20 Å². The standard InChI is InChI=1S/C15H17N3O2/c1-17-9-7-16-14(17)6-8-18-10-12(15(19)20)11-4-2-3-5-13(11)18/h2-5,7,9,12H,6,8,10H2,1H3,(H,19,20). The summed E-state index contributed by atoms with van der Waals surface area (Å²) in [6, 6.07) is 7.76. The molecule has 1 aromatic carbocycles. The lowest BCUT2D eigenvalue weighted by Crippen LogP contribution is -2.27. The normalized spacial score (nSPS) is 17.2. The molecule has 0 saturated heterocycles. The third kappa shape index (κ3) is 2.15. The van der Waals surface area contributed by atoms with E-state index in [0.717, 1.165) is 30.0 Å². The highest BCUT2D eigenvalue weighted by Gasteiger charge is 2.32. The largest absolute Gasteiger partial charge is 0.481 e. The number of carbonyl (C=O) groups is 1. The Balaban J connectivity index is 1.78. The molecule has 1 atom stereocenters. The van der Waals surface area contributed by atoms with Crippen molar-refractivity contribution in [3.05, 3.63) is 48.0 Å². The zero-order chi connectivity index (χ0) is 14.1. The molecule has 0 radical (unpaired) electrons. The number of para-hydroxylation sites is 1. The number of hydrogen-bond acceptors (Lipinski definition) is 3. The molecule has 1 unspecified atom stereocenters. The number of anilines is 1. The molecule has 2 heterocycles. The van der Waals surface area contributed by atoms with Gasteiger partial charge in [-0.15, -0.1) is 0 Å². The average Bonchev–Trinajstić information content (AvgIpc) is 3.00. The van der Waals surface area contributed by atoms with Gasteiger partial charge in [-0.25, -0.2) is 4.98 Å². The fourth-order valence-electron chi connectivity index (χ4n) is 2.78. The van der Waals surface area contributed by atoms with Gasteiger partial charge in [-0.05, 0) is 11.6 Å². The van der Waals surface area contributed by atoms with Crippen molar-refractivity contribution in [1.82, 2.24) is 9.55 Å². The molecule has 5 nitrogen and oxygen atoms in total. The number of aliphatic carboxylic acids is 1. The van der Waals surface area contributed by atoms with Crippen LogP contribution in [-0.4, -0.2) is 33.7 Å². The highest BCUT2D eigenvalue weighted by molar-refractivity contribution is 5.82. The van der Waals surface area contributed by atoms with E-state index in [-0.39, 0.29) is 0 Å². The van der Waals surface area contributed by atoms with Gasteiger partial charge in [-0.3, -0.25) is 4.79 Å². The maximum atomic E-state index is 11.4. The summed E-state index contributed by atoms with van der Waals surface area (Å²) in [4.78, 5) is 17.8. The third-order valence-corrected chi connectivity index (χ3v) is 3.88. The molecule has 5 heteroatoms. The van der Waals surface area contributed by atoms with Gasteiger partial charge < -0.3 is 14.6 Å². The zero-order valence-corrected chi connectivity index (χ0v) is 11.4. The van der Waals surface area contributed by atoms with Crippen molar-refractivity contribution in [2.75, 3.05) is 18.0 Å². The van der Waals surface area contributed by atoms with Crippen LogP contribution in [0.3, 0.4) is 0 Å². The van der Waals surface area contributed by atoms with E-state index >= 15 is 0 Å². The summed E-state index contributed by atoms with van der Waals surface area (Å²) in [7, 11) is 1.97. The van der Waals surface area contributed by atoms with Crippen LogP contribution < -0.4 is 4.90 Å². The molecule has 0 spiro atoms. The van der Waals surface area contributed by atoms with E-state index < -0.39 is 11.9 Å². The first-order valence-electron chi connectivity index (χ1n) is 6.69. The van der Waals surface area contributed by atoms with Crippen molar-refractivity contribution in [3.8, 4) is 0 Å². The van der Waals surface area contributed by atoms with Crippen LogP contribution in [0.25, 0.3) is 0 Å². The summed E-state index contributed by atoms with van der Waals surface area (Å²) in [5, 5.41) is 9.33. The molecule has 0 bridgehead atoms. The van der Waals surface area contributed by atoms with E-state index in [9.17, 15) is 9.90 Å². The van der Waals surface area contributed by atoms with E-state index in [2.05, 4.69) is 9.88 Å². The van der Waals surface area contributed by atoms with Gasteiger partial charge in [0.25, 0.3) is 0 Å². The van der Waals surface area contributed by atoms with Crippen molar-refractivity contribution in [2.45, 2.75) is 12.3 Å². The van der Waals surface area contributed by atoms with Crippen LogP contribution in [0.4, 0.5) is 5.69 Å². The van der Waals surface area contributed by atoms with Crippen LogP contribution in [0.2, 0.25) is 0 Å². The number of rotatable bonds is 4. The van der Waals surface area contributed by atoms with Gasteiger partial charge in [0.2, 0.25) is 0 Å². The maximum Gasteiger partial charge on any atom is 0.312 e. The monoisotopic (exact) mass is 271 g/mol. The molecule has 20 heavy (non-hydrogen) atoms. The Kier molecular flexibility index (Phi) is 3.18. The first-order chi connectivity index (χ1) is 9.66. The summed E-state index contributed by atoms with van der Waals surface area (Å²) in [6.45, 7) is 1.32. The molecular formula is C15H17N3O2. The van der Waals surface area contributed by atoms with Gasteiger partial charge in [-0.2, -0.15) is 0 Å². The predicted molar refractivity (Wildman–Crippen MR) is 75.9 cm³/mol. The summed E-state index contributed by atoms with van der Waals surface area (Å²) in [5.41, 5.74) is 1.95. The second-order valence-electron chi connectivity index (χ2n) is 5.10. The Morgan fingerprint density at radius 2 is 2.25 bits per heavy atom. The zero-order valence-electron chi connectivity index (χ0n) is 11.4. The van der Waals surface area contributed by atoms with Crippen molar-refractivity contribution < 1.29 is 9.90 Å². The van der Waals surface area contributed by atoms with Crippen molar-refractivity contribution in [1.29, 1.82) is 0 Å². The lowest BCUT2D eigenvalue weighted by Gasteiger charge is -2.19. The highest BCUT2D eigenvalue weighted by atomic mass is 16.4. The number of benzene rings is 1. The van der Waals surface area contributed by atoms with Gasteiger partial charge in [0.05, 0.1) is 0 Å². The number of imidazole rings is 1. The van der Waals surface area contributed by atoms with Crippen LogP contribution in [-0.2, 0) is 18.3 Å². The minimum atomic E-state index is -0.753. The number of carboxylic acids is 1. The molecular weight excluding hydrogens is 254 g/mol. The smallest absolute Gasteiger partial charge is 0.312 e. The molecule has 0 saturated carbocycles. The fourth-order valence-corrected chi connectivity index (χ4v) is 2.78. The second kappa shape index (κ2) is 5.00. The lowest BCUT2D eigenvalue weighted by atomic mass is 10.0. The van der Waals surface area contributed by atoms with Crippen molar-refractivity contribution in [3.63, 3.8) is 0 Å². The number of fused-ring (bicyclic) bond motifs is 1. The summed E-state index contributed by atoms with van der Waals surface area (Å²) < 4.78 is 2.00. The molecule has 0 amide bonds. The first-order valence-corrected chi connectivity index (χ1v) is 6.69. The summed E-state index contributed by atoms with van der Waals surface area (Å²) in [6.07, 6.45) is 4.52. The topological polar surface area (TPSA) is 58.4 Å². The molecule has 1 aliphatic rings. The Morgan fingerprint density at radius 3 is 2.95 bits per heavy atom. The molecule has 3 rings (SSSR count). The van der Waals surface area contributed by atoms with Crippen LogP contribution in [0.1, 0.15) is 17.3 Å². The predicted octanol–water partition coefficient (Wildman–Crippen LogP) is 1.65. The summed E-state index contributed by atoms with van der Waals surface area (Å²) in [5.74, 6) is -0.161. The number of hydrogen-bond donors (Lipinski definition) is 1. The molecule has 1 aliphatic heterocycles. The van der Waals surface area contributed by atoms with Crippen LogP contribution >= 0.6 is 0 Å². The van der Waals surface area contributed by atoms with Gasteiger partial charge in [0, 0.05) is 44.6 Å². The quantitative estimate of drug-likeness (QED) is 0.918. The van der Waals surface area contributed by atoms with Crippen molar-refractivity contribution in [2.24, 2.45) is 7.05 Å². The number of nitrogens with zero attached hydrogens (tertiary/aromatic N) is 3. The Hall–Kier alpha value is -2.30. The second-order valence-corrected chi connectivity index (χ2v) is 5.10. The molecule has 1 aromatic heterocycles. The van der Waals surface area contributed by atoms with Gasteiger partial charge in [0.1, 0.15) is 11.7 Å². The number of aryl methyl sites for hydroxylation is 1. The van der Waals surface area contributed by atoms with Gasteiger partial charge in [-0.1, -0.05) is 18.2 Å². The number of aromatic nitrogens is 2.